The number of aliphatic imine (C=N–C) groups is 1. The van der Waals surface area contributed by atoms with E-state index in [9.17, 15) is 9.90 Å². The molecule has 1 unspecified atom stereocenters. The predicted molar refractivity (Wildman–Crippen MR) is 156 cm³/mol. The Bertz CT molecular complexity index is 1140. The van der Waals surface area contributed by atoms with E-state index in [1.165, 1.54) is 5.56 Å². The standard InChI is InChI=1S/C30H38N4O2S/c1-30(2,3)24-11-9-22(10-12-24)23-19-27(35)26(28(36)20-23)21-31-13-14-33-15-17-34(18-16-33)29(37)32-25-7-5-4-6-8-25/h4-12,21,23,35H,13-20H2,1-3H3,(H,32,37). The summed E-state index contributed by atoms with van der Waals surface area (Å²) in [5.41, 5.74) is 3.82. The smallest absolute Gasteiger partial charge is 0.173 e. The number of carbonyl (C=O) groups is 1. The van der Waals surface area contributed by atoms with Crippen molar-refractivity contribution in [2.24, 2.45) is 4.99 Å². The quantitative estimate of drug-likeness (QED) is 0.398. The second-order valence-corrected chi connectivity index (χ2v) is 11.3. The van der Waals surface area contributed by atoms with Crippen molar-refractivity contribution in [1.29, 1.82) is 0 Å². The molecule has 37 heavy (non-hydrogen) atoms. The molecule has 0 saturated carbocycles. The average Bonchev–Trinajstić information content (AvgIpc) is 2.88. The highest BCUT2D eigenvalue weighted by molar-refractivity contribution is 7.80. The Hall–Kier alpha value is -3.03. The number of ketones is 1. The molecule has 1 atom stereocenters. The molecule has 0 aromatic heterocycles. The van der Waals surface area contributed by atoms with E-state index in [0.717, 1.165) is 49.1 Å². The zero-order valence-corrected chi connectivity index (χ0v) is 22.9. The molecule has 0 bridgehead atoms. The van der Waals surface area contributed by atoms with Gasteiger partial charge in [-0.1, -0.05) is 63.2 Å². The van der Waals surface area contributed by atoms with Crippen LogP contribution in [0.4, 0.5) is 5.69 Å². The van der Waals surface area contributed by atoms with E-state index in [2.05, 4.69) is 65.1 Å². The largest absolute Gasteiger partial charge is 0.511 e. The highest BCUT2D eigenvalue weighted by Crippen LogP contribution is 2.34. The maximum absolute atomic E-state index is 12.8. The Morgan fingerprint density at radius 1 is 1.05 bits per heavy atom. The van der Waals surface area contributed by atoms with Crippen LogP contribution in [-0.4, -0.2) is 71.3 Å². The molecule has 0 radical (unpaired) electrons. The minimum absolute atomic E-state index is 0.0115. The summed E-state index contributed by atoms with van der Waals surface area (Å²) in [4.78, 5) is 21.8. The summed E-state index contributed by atoms with van der Waals surface area (Å²) in [7, 11) is 0. The van der Waals surface area contributed by atoms with Gasteiger partial charge in [-0.25, -0.2) is 0 Å². The lowest BCUT2D eigenvalue weighted by molar-refractivity contribution is -0.116. The third-order valence-electron chi connectivity index (χ3n) is 7.18. The van der Waals surface area contributed by atoms with Crippen molar-refractivity contribution in [3.63, 3.8) is 0 Å². The molecule has 6 nitrogen and oxygen atoms in total. The van der Waals surface area contributed by atoms with Crippen LogP contribution < -0.4 is 5.32 Å². The number of allylic oxidation sites excluding steroid dienone is 2. The maximum Gasteiger partial charge on any atom is 0.173 e. The van der Waals surface area contributed by atoms with Crippen molar-refractivity contribution < 1.29 is 9.90 Å². The summed E-state index contributed by atoms with van der Waals surface area (Å²) >= 11 is 5.57. The van der Waals surface area contributed by atoms with Gasteiger partial charge in [-0.2, -0.15) is 0 Å². The molecule has 0 amide bonds. The molecule has 196 valence electrons. The monoisotopic (exact) mass is 518 g/mol. The molecule has 4 rings (SSSR count). The van der Waals surface area contributed by atoms with Gasteiger partial charge in [-0.05, 0) is 46.8 Å². The average molecular weight is 519 g/mol. The zero-order chi connectivity index (χ0) is 26.4. The molecule has 2 aromatic carbocycles. The fourth-order valence-corrected chi connectivity index (χ4v) is 5.10. The summed E-state index contributed by atoms with van der Waals surface area (Å²) in [6.45, 7) is 11.5. The van der Waals surface area contributed by atoms with Crippen molar-refractivity contribution in [1.82, 2.24) is 9.80 Å². The number of hydrogen-bond acceptors (Lipinski definition) is 5. The number of nitrogens with one attached hydrogen (secondary N) is 1. The van der Waals surface area contributed by atoms with E-state index in [1.807, 2.05) is 30.3 Å². The van der Waals surface area contributed by atoms with E-state index in [-0.39, 0.29) is 22.9 Å². The summed E-state index contributed by atoms with van der Waals surface area (Å²) in [6, 6.07) is 18.4. The lowest BCUT2D eigenvalue weighted by atomic mass is 9.81. The van der Waals surface area contributed by atoms with E-state index in [0.29, 0.717) is 25.0 Å². The van der Waals surface area contributed by atoms with E-state index in [4.69, 9.17) is 12.2 Å². The number of benzene rings is 2. The van der Waals surface area contributed by atoms with Crippen LogP contribution in [0.25, 0.3) is 0 Å². The molecule has 1 saturated heterocycles. The molecule has 2 aromatic rings. The van der Waals surface area contributed by atoms with Crippen LogP contribution in [0.2, 0.25) is 0 Å². The molecular formula is C30H38N4O2S. The number of Topliss-reactive ketones (excluding diaryl/α,β-unsaturated/α-hetero) is 1. The summed E-state index contributed by atoms with van der Waals surface area (Å²) in [6.07, 6.45) is 2.45. The van der Waals surface area contributed by atoms with Crippen molar-refractivity contribution in [2.45, 2.75) is 44.9 Å². The van der Waals surface area contributed by atoms with Crippen molar-refractivity contribution in [3.05, 3.63) is 77.1 Å². The molecular weight excluding hydrogens is 480 g/mol. The van der Waals surface area contributed by atoms with E-state index < -0.39 is 0 Å². The minimum Gasteiger partial charge on any atom is -0.511 e. The first-order valence-corrected chi connectivity index (χ1v) is 13.5. The Balaban J connectivity index is 1.23. The Morgan fingerprint density at radius 3 is 2.35 bits per heavy atom. The molecule has 7 heteroatoms. The first kappa shape index (κ1) is 27.0. The molecule has 1 heterocycles. The predicted octanol–water partition coefficient (Wildman–Crippen LogP) is 5.33. The summed E-state index contributed by atoms with van der Waals surface area (Å²) in [5.74, 6) is 0.126. The highest BCUT2D eigenvalue weighted by Gasteiger charge is 2.28. The van der Waals surface area contributed by atoms with Crippen molar-refractivity contribution in [3.8, 4) is 0 Å². The molecule has 2 N–H and O–H groups in total. The van der Waals surface area contributed by atoms with Crippen LogP contribution in [-0.2, 0) is 10.2 Å². The third-order valence-corrected chi connectivity index (χ3v) is 7.54. The topological polar surface area (TPSA) is 68.2 Å². The molecule has 2 aliphatic rings. The first-order chi connectivity index (χ1) is 17.7. The van der Waals surface area contributed by atoms with Gasteiger partial charge in [0.1, 0.15) is 5.76 Å². The van der Waals surface area contributed by atoms with Crippen LogP contribution in [0.15, 0.2) is 70.9 Å². The maximum atomic E-state index is 12.8. The summed E-state index contributed by atoms with van der Waals surface area (Å²) < 4.78 is 0. The van der Waals surface area contributed by atoms with Gasteiger partial charge in [0.05, 0.1) is 12.1 Å². The minimum atomic E-state index is -0.0366. The van der Waals surface area contributed by atoms with Gasteiger partial charge in [0.15, 0.2) is 10.9 Å². The number of para-hydroxylation sites is 1. The fourth-order valence-electron chi connectivity index (χ4n) is 4.80. The second-order valence-electron chi connectivity index (χ2n) is 10.9. The molecule has 0 spiro atoms. The molecule has 1 aliphatic carbocycles. The van der Waals surface area contributed by atoms with Gasteiger partial charge in [0, 0.05) is 57.5 Å². The van der Waals surface area contributed by atoms with Gasteiger partial charge in [0.25, 0.3) is 0 Å². The number of rotatable bonds is 6. The number of hydrogen-bond donors (Lipinski definition) is 2. The highest BCUT2D eigenvalue weighted by atomic mass is 32.1. The van der Waals surface area contributed by atoms with Gasteiger partial charge in [-0.15, -0.1) is 0 Å². The van der Waals surface area contributed by atoms with E-state index in [1.54, 1.807) is 6.21 Å². The SMILES string of the molecule is CC(C)(C)c1ccc(C2CC(=O)C(C=NCCN3CCN(C(=S)Nc4ccccc4)CC3)=C(O)C2)cc1. The van der Waals surface area contributed by atoms with Crippen LogP contribution in [0.3, 0.4) is 0 Å². The fraction of sp³-hybridized carbons (Fsp3) is 0.433. The van der Waals surface area contributed by atoms with Gasteiger partial charge in [0.2, 0.25) is 0 Å². The summed E-state index contributed by atoms with van der Waals surface area (Å²) in [5, 5.41) is 14.7. The van der Waals surface area contributed by atoms with Crippen LogP contribution in [0.5, 0.6) is 0 Å². The number of carbonyl (C=O) groups excluding carboxylic acids is 1. The number of anilines is 1. The van der Waals surface area contributed by atoms with Crippen LogP contribution in [0.1, 0.15) is 50.7 Å². The number of thiocarbonyl (C=S) groups is 1. The van der Waals surface area contributed by atoms with E-state index >= 15 is 0 Å². The van der Waals surface area contributed by atoms with Gasteiger partial charge in [-0.3, -0.25) is 14.7 Å². The van der Waals surface area contributed by atoms with Gasteiger partial charge < -0.3 is 15.3 Å². The number of aliphatic hydroxyl groups excluding tert-OH is 1. The molecule has 1 aliphatic heterocycles. The lowest BCUT2D eigenvalue weighted by Crippen LogP contribution is -2.50. The number of nitrogens with zero attached hydrogens (tertiary/aromatic N) is 3. The second kappa shape index (κ2) is 12.0. The van der Waals surface area contributed by atoms with Crippen molar-refractivity contribution in [2.75, 3.05) is 44.6 Å². The number of aliphatic hydroxyl groups is 1. The van der Waals surface area contributed by atoms with Crippen LogP contribution >= 0.6 is 12.2 Å². The molecule has 1 fully saturated rings. The Morgan fingerprint density at radius 2 is 1.73 bits per heavy atom. The normalized spacial score (nSPS) is 19.5. The zero-order valence-electron chi connectivity index (χ0n) is 22.1. The third kappa shape index (κ3) is 7.27. The number of piperazine rings is 1. The Kier molecular flexibility index (Phi) is 8.77. The van der Waals surface area contributed by atoms with Gasteiger partial charge >= 0.3 is 0 Å². The van der Waals surface area contributed by atoms with Crippen molar-refractivity contribution >= 4 is 35.0 Å². The first-order valence-electron chi connectivity index (χ1n) is 13.1. The lowest BCUT2D eigenvalue weighted by Gasteiger charge is -2.36. The Labute approximate surface area is 226 Å². The van der Waals surface area contributed by atoms with Crippen LogP contribution in [0, 0.1) is 0 Å².